The lowest BCUT2D eigenvalue weighted by atomic mass is 10.2. The molecule has 0 aliphatic heterocycles. The van der Waals surface area contributed by atoms with Crippen molar-refractivity contribution < 1.29 is 9.59 Å². The van der Waals surface area contributed by atoms with E-state index in [2.05, 4.69) is 22.9 Å². The molecule has 0 saturated heterocycles. The Kier molecular flexibility index (Phi) is 9.65. The number of carbonyl (C=O) groups excluding carboxylic acids is 2. The molecule has 5 heteroatoms. The van der Waals surface area contributed by atoms with Crippen molar-refractivity contribution in [1.82, 2.24) is 16.0 Å². The number of hydrogen-bond acceptors (Lipinski definition) is 5. The summed E-state index contributed by atoms with van der Waals surface area (Å²) in [6.07, 6.45) is 2.21. The molecule has 0 fully saturated rings. The van der Waals surface area contributed by atoms with Gasteiger partial charge in [-0.2, -0.15) is 0 Å². The van der Waals surface area contributed by atoms with Crippen LogP contribution in [0.5, 0.6) is 0 Å². The molecule has 5 nitrogen and oxygen atoms in total. The van der Waals surface area contributed by atoms with Crippen LogP contribution in [0.3, 0.4) is 0 Å². The first-order valence-corrected chi connectivity index (χ1v) is 7.12. The zero-order chi connectivity index (χ0) is 14.8. The fraction of sp³-hybridized carbons (Fsp3) is 0.857. The third-order valence-electron chi connectivity index (χ3n) is 3.22. The van der Waals surface area contributed by atoms with Crippen LogP contribution in [0, 0.1) is 0 Å². The molecule has 0 aliphatic carbocycles. The third kappa shape index (κ3) is 8.86. The Morgan fingerprint density at radius 1 is 1.00 bits per heavy atom. The predicted octanol–water partition coefficient (Wildman–Crippen LogP) is 0.836. The van der Waals surface area contributed by atoms with Crippen LogP contribution in [0.2, 0.25) is 0 Å². The van der Waals surface area contributed by atoms with E-state index in [4.69, 9.17) is 0 Å². The van der Waals surface area contributed by atoms with Gasteiger partial charge in [-0.3, -0.25) is 14.9 Å². The summed E-state index contributed by atoms with van der Waals surface area (Å²) >= 11 is 0. The zero-order valence-corrected chi connectivity index (χ0v) is 12.9. The number of ketones is 2. The van der Waals surface area contributed by atoms with Crippen LogP contribution in [-0.4, -0.2) is 42.9 Å². The first-order valence-electron chi connectivity index (χ1n) is 7.12. The largest absolute Gasteiger partial charge is 0.305 e. The molecular formula is C14H29N3O2. The van der Waals surface area contributed by atoms with Crippen LogP contribution in [0.1, 0.15) is 47.5 Å². The van der Waals surface area contributed by atoms with Crippen LogP contribution in [-0.2, 0) is 9.59 Å². The number of unbranched alkanes of at least 4 members (excludes halogenated alkanes) is 1. The Morgan fingerprint density at radius 3 is 2.05 bits per heavy atom. The SMILES string of the molecule is CCCCNC(CN[C@@H](C)C(C)=O)N[C@@H](C)C(C)=O. The van der Waals surface area contributed by atoms with E-state index >= 15 is 0 Å². The smallest absolute Gasteiger partial charge is 0.146 e. The fourth-order valence-electron chi connectivity index (χ4n) is 1.50. The molecule has 0 bridgehead atoms. The van der Waals surface area contributed by atoms with Gasteiger partial charge in [-0.15, -0.1) is 0 Å². The van der Waals surface area contributed by atoms with Crippen LogP contribution < -0.4 is 16.0 Å². The Balaban J connectivity index is 4.24. The van der Waals surface area contributed by atoms with Crippen LogP contribution in [0.25, 0.3) is 0 Å². The van der Waals surface area contributed by atoms with Gasteiger partial charge < -0.3 is 10.6 Å². The average molecular weight is 271 g/mol. The summed E-state index contributed by atoms with van der Waals surface area (Å²) in [6, 6.07) is -0.349. The van der Waals surface area contributed by atoms with Crippen molar-refractivity contribution in [3.63, 3.8) is 0 Å². The highest BCUT2D eigenvalue weighted by atomic mass is 16.1. The van der Waals surface area contributed by atoms with E-state index in [0.717, 1.165) is 19.4 Å². The average Bonchev–Trinajstić information content (AvgIpc) is 2.34. The Labute approximate surface area is 116 Å². The van der Waals surface area contributed by atoms with E-state index in [-0.39, 0.29) is 29.8 Å². The lowest BCUT2D eigenvalue weighted by molar-refractivity contribution is -0.119. The number of nitrogens with one attached hydrogen (secondary N) is 3. The maximum Gasteiger partial charge on any atom is 0.146 e. The Hall–Kier alpha value is -0.780. The molecule has 0 aliphatic rings. The van der Waals surface area contributed by atoms with E-state index in [9.17, 15) is 9.59 Å². The first-order chi connectivity index (χ1) is 8.88. The van der Waals surface area contributed by atoms with Gasteiger partial charge in [-0.05, 0) is 40.7 Å². The van der Waals surface area contributed by atoms with Gasteiger partial charge in [0.25, 0.3) is 0 Å². The van der Waals surface area contributed by atoms with Gasteiger partial charge in [-0.25, -0.2) is 0 Å². The van der Waals surface area contributed by atoms with E-state index in [1.54, 1.807) is 13.8 Å². The highest BCUT2D eigenvalue weighted by Gasteiger charge is 2.16. The normalized spacial score (nSPS) is 15.8. The van der Waals surface area contributed by atoms with E-state index < -0.39 is 0 Å². The second-order valence-electron chi connectivity index (χ2n) is 5.10. The molecule has 0 radical (unpaired) electrons. The standard InChI is InChI=1S/C14H29N3O2/c1-6-7-8-15-14(17-11(3)13(5)19)9-16-10(2)12(4)18/h10-11,14-17H,6-9H2,1-5H3/t10-,11-,14?/m0/s1. The van der Waals surface area contributed by atoms with Crippen molar-refractivity contribution in [3.8, 4) is 0 Å². The van der Waals surface area contributed by atoms with E-state index in [1.807, 2.05) is 13.8 Å². The van der Waals surface area contributed by atoms with Crippen molar-refractivity contribution in [2.24, 2.45) is 0 Å². The quantitative estimate of drug-likeness (QED) is 0.384. The molecule has 1 unspecified atom stereocenters. The zero-order valence-electron chi connectivity index (χ0n) is 12.9. The molecule has 19 heavy (non-hydrogen) atoms. The summed E-state index contributed by atoms with van der Waals surface area (Å²) in [7, 11) is 0. The summed E-state index contributed by atoms with van der Waals surface area (Å²) in [5.74, 6) is 0.230. The van der Waals surface area contributed by atoms with Gasteiger partial charge >= 0.3 is 0 Å². The molecule has 0 aromatic carbocycles. The van der Waals surface area contributed by atoms with E-state index in [1.165, 1.54) is 0 Å². The minimum Gasteiger partial charge on any atom is -0.305 e. The Morgan fingerprint density at radius 2 is 1.58 bits per heavy atom. The molecule has 3 N–H and O–H groups in total. The number of carbonyl (C=O) groups is 2. The molecule has 0 aromatic heterocycles. The van der Waals surface area contributed by atoms with Crippen molar-refractivity contribution in [2.45, 2.75) is 65.7 Å². The summed E-state index contributed by atoms with van der Waals surface area (Å²) in [5, 5.41) is 9.77. The summed E-state index contributed by atoms with van der Waals surface area (Å²) in [5.41, 5.74) is 0. The molecule has 0 saturated carbocycles. The molecule has 0 amide bonds. The molecular weight excluding hydrogens is 242 g/mol. The molecule has 0 spiro atoms. The number of hydrogen-bond donors (Lipinski definition) is 3. The lowest BCUT2D eigenvalue weighted by Gasteiger charge is -2.25. The predicted molar refractivity (Wildman–Crippen MR) is 78.1 cm³/mol. The molecule has 0 rings (SSSR count). The van der Waals surface area contributed by atoms with Crippen molar-refractivity contribution in [3.05, 3.63) is 0 Å². The second-order valence-corrected chi connectivity index (χ2v) is 5.10. The van der Waals surface area contributed by atoms with E-state index in [0.29, 0.717) is 6.54 Å². The molecule has 0 heterocycles. The molecule has 0 aromatic rings. The first kappa shape index (κ1) is 18.2. The minimum absolute atomic E-state index is 0.00718. The second kappa shape index (κ2) is 10.1. The lowest BCUT2D eigenvalue weighted by Crippen LogP contribution is -2.55. The van der Waals surface area contributed by atoms with Crippen LogP contribution in [0.15, 0.2) is 0 Å². The monoisotopic (exact) mass is 271 g/mol. The molecule has 112 valence electrons. The molecule has 3 atom stereocenters. The fourth-order valence-corrected chi connectivity index (χ4v) is 1.50. The van der Waals surface area contributed by atoms with Gasteiger partial charge in [0.15, 0.2) is 0 Å². The van der Waals surface area contributed by atoms with Crippen molar-refractivity contribution in [1.29, 1.82) is 0 Å². The van der Waals surface area contributed by atoms with Gasteiger partial charge in [0.1, 0.15) is 11.6 Å². The van der Waals surface area contributed by atoms with Crippen molar-refractivity contribution >= 4 is 11.6 Å². The summed E-state index contributed by atoms with van der Waals surface area (Å²) in [6.45, 7) is 10.5. The highest BCUT2D eigenvalue weighted by Crippen LogP contribution is 1.91. The van der Waals surface area contributed by atoms with Gasteiger partial charge in [0.05, 0.1) is 18.2 Å². The highest BCUT2D eigenvalue weighted by molar-refractivity contribution is 5.81. The topological polar surface area (TPSA) is 70.2 Å². The summed E-state index contributed by atoms with van der Waals surface area (Å²) in [4.78, 5) is 22.5. The minimum atomic E-state index is -0.187. The maximum atomic E-state index is 11.3. The number of rotatable bonds is 11. The third-order valence-corrected chi connectivity index (χ3v) is 3.22. The Bertz CT molecular complexity index is 282. The van der Waals surface area contributed by atoms with Crippen LogP contribution >= 0.6 is 0 Å². The summed E-state index contributed by atoms with van der Waals surface area (Å²) < 4.78 is 0. The van der Waals surface area contributed by atoms with Gasteiger partial charge in [0, 0.05) is 6.54 Å². The van der Waals surface area contributed by atoms with Gasteiger partial charge in [0.2, 0.25) is 0 Å². The van der Waals surface area contributed by atoms with Crippen molar-refractivity contribution in [2.75, 3.05) is 13.1 Å². The van der Waals surface area contributed by atoms with Gasteiger partial charge in [-0.1, -0.05) is 13.3 Å². The number of Topliss-reactive ketones (excluding diaryl/α,β-unsaturated/α-hetero) is 2. The van der Waals surface area contributed by atoms with Crippen LogP contribution in [0.4, 0.5) is 0 Å². The maximum absolute atomic E-state index is 11.3.